The molecule has 0 bridgehead atoms. The number of aromatic nitrogens is 2. The lowest BCUT2D eigenvalue weighted by molar-refractivity contribution is 0.415. The molecule has 0 aliphatic carbocycles. The number of thiocarbonyl (C=S) groups is 1. The van der Waals surface area contributed by atoms with Gasteiger partial charge in [0.25, 0.3) is 0 Å². The second kappa shape index (κ2) is 5.77. The third-order valence-corrected chi connectivity index (χ3v) is 3.71. The van der Waals surface area contributed by atoms with Crippen LogP contribution < -0.4 is 10.5 Å². The van der Waals surface area contributed by atoms with Gasteiger partial charge in [-0.2, -0.15) is 0 Å². The predicted octanol–water partition coefficient (Wildman–Crippen LogP) is 3.15. The van der Waals surface area contributed by atoms with Gasteiger partial charge in [0.2, 0.25) is 0 Å². The second-order valence-electron chi connectivity index (χ2n) is 5.21. The highest BCUT2D eigenvalue weighted by molar-refractivity contribution is 7.80. The van der Waals surface area contributed by atoms with Gasteiger partial charge in [-0.15, -0.1) is 0 Å². The van der Waals surface area contributed by atoms with E-state index in [-0.39, 0.29) is 0 Å². The Morgan fingerprint density at radius 1 is 1.23 bits per heavy atom. The molecule has 5 heteroatoms. The lowest BCUT2D eigenvalue weighted by Gasteiger charge is -2.06. The summed E-state index contributed by atoms with van der Waals surface area (Å²) in [6, 6.07) is 11.9. The average Bonchev–Trinajstić information content (AvgIpc) is 2.85. The summed E-state index contributed by atoms with van der Waals surface area (Å²) in [6.45, 7) is 2.05. The smallest absolute Gasteiger partial charge is 0.137 e. The summed E-state index contributed by atoms with van der Waals surface area (Å²) in [4.78, 5) is 5.20. The topological polar surface area (TPSA) is 52.5 Å². The molecular formula is C17H17N3OS. The van der Waals surface area contributed by atoms with Crippen LogP contribution in [0.2, 0.25) is 0 Å². The van der Waals surface area contributed by atoms with Gasteiger partial charge in [0.05, 0.1) is 23.5 Å². The maximum atomic E-state index is 5.78. The van der Waals surface area contributed by atoms with Crippen molar-refractivity contribution >= 4 is 22.9 Å². The highest BCUT2D eigenvalue weighted by Gasteiger charge is 2.15. The number of aryl methyl sites for hydroxylation is 1. The van der Waals surface area contributed by atoms with Gasteiger partial charge in [-0.05, 0) is 42.8 Å². The van der Waals surface area contributed by atoms with Crippen molar-refractivity contribution in [2.24, 2.45) is 5.73 Å². The Bertz CT molecular complexity index is 837. The van der Waals surface area contributed by atoms with Crippen LogP contribution in [0.25, 0.3) is 16.9 Å². The first-order valence-corrected chi connectivity index (χ1v) is 7.39. The molecule has 2 heterocycles. The fourth-order valence-corrected chi connectivity index (χ4v) is 2.65. The maximum absolute atomic E-state index is 5.78. The van der Waals surface area contributed by atoms with Crippen molar-refractivity contribution < 1.29 is 4.74 Å². The fraction of sp³-hybridized carbons (Fsp3) is 0.176. The van der Waals surface area contributed by atoms with Crippen LogP contribution in [0.5, 0.6) is 5.75 Å². The number of fused-ring (bicyclic) bond motifs is 1. The summed E-state index contributed by atoms with van der Waals surface area (Å²) >= 11 is 5.11. The summed E-state index contributed by atoms with van der Waals surface area (Å²) in [7, 11) is 1.65. The van der Waals surface area contributed by atoms with E-state index >= 15 is 0 Å². The molecule has 0 amide bonds. The highest BCUT2D eigenvalue weighted by Crippen LogP contribution is 2.27. The summed E-state index contributed by atoms with van der Waals surface area (Å²) in [6.07, 6.45) is 2.57. The molecule has 3 rings (SSSR count). The molecule has 0 radical (unpaired) electrons. The minimum absolute atomic E-state index is 0.457. The first-order chi connectivity index (χ1) is 10.6. The van der Waals surface area contributed by atoms with Gasteiger partial charge in [0.15, 0.2) is 0 Å². The lowest BCUT2D eigenvalue weighted by atomic mass is 10.1. The Labute approximate surface area is 134 Å². The summed E-state index contributed by atoms with van der Waals surface area (Å²) in [5, 5.41) is 0. The molecule has 3 aromatic rings. The lowest BCUT2D eigenvalue weighted by Crippen LogP contribution is -2.13. The van der Waals surface area contributed by atoms with E-state index in [0.717, 1.165) is 33.9 Å². The standard InChI is InChI=1S/C17H17N3OS/c1-11-3-8-16-19-17(12-4-6-13(21-2)7-5-12)14(9-15(18)22)20(16)10-11/h3-8,10H,9H2,1-2H3,(H2,18,22). The van der Waals surface area contributed by atoms with E-state index in [2.05, 4.69) is 17.5 Å². The Kier molecular flexibility index (Phi) is 3.81. The van der Waals surface area contributed by atoms with Crippen LogP contribution >= 0.6 is 12.2 Å². The molecule has 0 saturated heterocycles. The first-order valence-electron chi connectivity index (χ1n) is 6.99. The van der Waals surface area contributed by atoms with E-state index in [4.69, 9.17) is 27.7 Å². The van der Waals surface area contributed by atoms with E-state index in [1.165, 1.54) is 0 Å². The number of imidazole rings is 1. The summed E-state index contributed by atoms with van der Waals surface area (Å²) in [5.74, 6) is 0.819. The van der Waals surface area contributed by atoms with E-state index in [1.807, 2.05) is 36.4 Å². The van der Waals surface area contributed by atoms with Gasteiger partial charge in [0, 0.05) is 18.2 Å². The van der Waals surface area contributed by atoms with Gasteiger partial charge >= 0.3 is 0 Å². The van der Waals surface area contributed by atoms with Gasteiger partial charge in [-0.1, -0.05) is 18.3 Å². The second-order valence-corrected chi connectivity index (χ2v) is 5.74. The molecule has 0 atom stereocenters. The summed E-state index contributed by atoms with van der Waals surface area (Å²) in [5.41, 5.74) is 10.8. The van der Waals surface area contributed by atoms with Crippen molar-refractivity contribution in [1.82, 2.24) is 9.38 Å². The van der Waals surface area contributed by atoms with Crippen molar-refractivity contribution in [3.8, 4) is 17.0 Å². The number of methoxy groups -OCH3 is 1. The molecule has 1 aromatic carbocycles. The van der Waals surface area contributed by atoms with Gasteiger partial charge in [-0.3, -0.25) is 0 Å². The fourth-order valence-electron chi connectivity index (χ4n) is 2.51. The van der Waals surface area contributed by atoms with Gasteiger partial charge in [0.1, 0.15) is 11.4 Å². The van der Waals surface area contributed by atoms with Gasteiger partial charge in [-0.25, -0.2) is 4.98 Å². The minimum Gasteiger partial charge on any atom is -0.497 e. The SMILES string of the molecule is COc1ccc(-c2nc3ccc(C)cn3c2CC(N)=S)cc1. The largest absolute Gasteiger partial charge is 0.497 e. The number of rotatable bonds is 4. The zero-order valence-electron chi connectivity index (χ0n) is 12.5. The molecule has 0 saturated carbocycles. The monoisotopic (exact) mass is 311 g/mol. The Hall–Kier alpha value is -2.40. The van der Waals surface area contributed by atoms with E-state index in [1.54, 1.807) is 7.11 Å². The number of pyridine rings is 1. The number of ether oxygens (including phenoxy) is 1. The zero-order valence-corrected chi connectivity index (χ0v) is 13.4. The van der Waals surface area contributed by atoms with Crippen LogP contribution in [0.1, 0.15) is 11.3 Å². The number of hydrogen-bond donors (Lipinski definition) is 1. The van der Waals surface area contributed by atoms with Crippen molar-refractivity contribution in [3.63, 3.8) is 0 Å². The number of nitrogens with two attached hydrogens (primary N) is 1. The quantitative estimate of drug-likeness (QED) is 0.752. The van der Waals surface area contributed by atoms with Crippen molar-refractivity contribution in [2.45, 2.75) is 13.3 Å². The molecule has 0 fully saturated rings. The molecule has 0 unspecified atom stereocenters. The third kappa shape index (κ3) is 2.67. The number of benzene rings is 1. The van der Waals surface area contributed by atoms with Crippen LogP contribution in [0.4, 0.5) is 0 Å². The number of nitrogens with zero attached hydrogens (tertiary/aromatic N) is 2. The molecule has 4 nitrogen and oxygen atoms in total. The number of hydrogen-bond acceptors (Lipinski definition) is 3. The molecular weight excluding hydrogens is 294 g/mol. The normalized spacial score (nSPS) is 10.8. The Morgan fingerprint density at radius 2 is 1.95 bits per heavy atom. The van der Waals surface area contributed by atoms with Crippen molar-refractivity contribution in [2.75, 3.05) is 7.11 Å². The molecule has 0 spiro atoms. The average molecular weight is 311 g/mol. The van der Waals surface area contributed by atoms with E-state index < -0.39 is 0 Å². The van der Waals surface area contributed by atoms with E-state index in [0.29, 0.717) is 11.4 Å². The first kappa shape index (κ1) is 14.5. The molecule has 22 heavy (non-hydrogen) atoms. The van der Waals surface area contributed by atoms with Crippen LogP contribution in [-0.2, 0) is 6.42 Å². The van der Waals surface area contributed by atoms with Crippen LogP contribution in [-0.4, -0.2) is 21.5 Å². The molecule has 0 aliphatic rings. The van der Waals surface area contributed by atoms with E-state index in [9.17, 15) is 0 Å². The van der Waals surface area contributed by atoms with Crippen molar-refractivity contribution in [1.29, 1.82) is 0 Å². The Morgan fingerprint density at radius 3 is 2.59 bits per heavy atom. The molecule has 2 N–H and O–H groups in total. The van der Waals surface area contributed by atoms with Gasteiger partial charge < -0.3 is 14.9 Å². The molecule has 2 aromatic heterocycles. The minimum atomic E-state index is 0.457. The molecule has 112 valence electrons. The van der Waals surface area contributed by atoms with Crippen LogP contribution in [0, 0.1) is 6.92 Å². The molecule has 0 aliphatic heterocycles. The Balaban J connectivity index is 2.20. The van der Waals surface area contributed by atoms with Crippen LogP contribution in [0.3, 0.4) is 0 Å². The summed E-state index contributed by atoms with van der Waals surface area (Å²) < 4.78 is 7.27. The zero-order chi connectivity index (χ0) is 15.7. The predicted molar refractivity (Wildman–Crippen MR) is 92.4 cm³/mol. The van der Waals surface area contributed by atoms with Crippen molar-refractivity contribution in [3.05, 3.63) is 53.9 Å². The third-order valence-electron chi connectivity index (χ3n) is 3.57. The maximum Gasteiger partial charge on any atom is 0.137 e. The van der Waals surface area contributed by atoms with Crippen LogP contribution in [0.15, 0.2) is 42.6 Å². The highest BCUT2D eigenvalue weighted by atomic mass is 32.1.